The largest absolute Gasteiger partial charge is 0.391 e. The molecular weight excluding hydrogens is 242 g/mol. The number of pyridine rings is 1. The standard InChI is InChI=1S/C14H17N3O2/c18-13-7-2-1-5-11(13)16-14(19)10-9-15-17-8-4-3-6-12(10)17/h3-4,6,8-9,11,13,18H,1-2,5,7H2,(H,16,19). The number of aliphatic hydroxyl groups excluding tert-OH is 1. The highest BCUT2D eigenvalue weighted by atomic mass is 16.3. The highest BCUT2D eigenvalue weighted by Gasteiger charge is 2.25. The van der Waals surface area contributed by atoms with Gasteiger partial charge in [0.25, 0.3) is 5.91 Å². The number of amides is 1. The zero-order valence-corrected chi connectivity index (χ0v) is 10.6. The van der Waals surface area contributed by atoms with Crippen LogP contribution >= 0.6 is 0 Å². The molecule has 2 aromatic rings. The van der Waals surface area contributed by atoms with Gasteiger partial charge in [-0.1, -0.05) is 18.9 Å². The normalized spacial score (nSPS) is 23.4. The van der Waals surface area contributed by atoms with Gasteiger partial charge in [0, 0.05) is 6.20 Å². The number of nitrogens with one attached hydrogen (secondary N) is 1. The van der Waals surface area contributed by atoms with Crippen LogP contribution in [-0.4, -0.2) is 32.8 Å². The summed E-state index contributed by atoms with van der Waals surface area (Å²) in [5.41, 5.74) is 1.34. The Labute approximate surface area is 111 Å². The van der Waals surface area contributed by atoms with Crippen molar-refractivity contribution < 1.29 is 9.90 Å². The summed E-state index contributed by atoms with van der Waals surface area (Å²) >= 11 is 0. The van der Waals surface area contributed by atoms with Crippen LogP contribution < -0.4 is 5.32 Å². The van der Waals surface area contributed by atoms with Gasteiger partial charge in [-0.05, 0) is 25.0 Å². The molecule has 1 aliphatic rings. The minimum absolute atomic E-state index is 0.139. The molecule has 100 valence electrons. The molecule has 0 aromatic carbocycles. The van der Waals surface area contributed by atoms with Crippen molar-refractivity contribution in [1.82, 2.24) is 14.9 Å². The van der Waals surface area contributed by atoms with E-state index >= 15 is 0 Å². The third-order valence-electron chi connectivity index (χ3n) is 3.72. The lowest BCUT2D eigenvalue weighted by Gasteiger charge is -2.28. The molecule has 0 aliphatic heterocycles. The quantitative estimate of drug-likeness (QED) is 0.856. The molecule has 0 radical (unpaired) electrons. The van der Waals surface area contributed by atoms with Crippen LogP contribution in [0.5, 0.6) is 0 Å². The van der Waals surface area contributed by atoms with Crippen molar-refractivity contribution in [3.05, 3.63) is 36.2 Å². The molecule has 1 fully saturated rings. The number of fused-ring (bicyclic) bond motifs is 1. The first-order valence-electron chi connectivity index (χ1n) is 6.67. The molecule has 2 heterocycles. The number of aromatic nitrogens is 2. The Morgan fingerprint density at radius 1 is 1.37 bits per heavy atom. The first-order chi connectivity index (χ1) is 9.25. The second-order valence-electron chi connectivity index (χ2n) is 5.02. The number of carbonyl (C=O) groups excluding carboxylic acids is 1. The molecule has 5 nitrogen and oxygen atoms in total. The lowest BCUT2D eigenvalue weighted by molar-refractivity contribution is 0.0718. The highest BCUT2D eigenvalue weighted by molar-refractivity contribution is 6.00. The molecule has 5 heteroatoms. The first kappa shape index (κ1) is 12.2. The van der Waals surface area contributed by atoms with Crippen molar-refractivity contribution in [1.29, 1.82) is 0 Å². The predicted octanol–water partition coefficient (Wildman–Crippen LogP) is 1.37. The van der Waals surface area contributed by atoms with E-state index in [-0.39, 0.29) is 11.9 Å². The Kier molecular flexibility index (Phi) is 3.21. The molecule has 3 rings (SSSR count). The Morgan fingerprint density at radius 3 is 3.05 bits per heavy atom. The van der Waals surface area contributed by atoms with Gasteiger partial charge < -0.3 is 10.4 Å². The number of carbonyl (C=O) groups is 1. The Hall–Kier alpha value is -1.88. The fourth-order valence-corrected chi connectivity index (χ4v) is 2.64. The van der Waals surface area contributed by atoms with Gasteiger partial charge in [-0.15, -0.1) is 0 Å². The van der Waals surface area contributed by atoms with Crippen molar-refractivity contribution in [3.8, 4) is 0 Å². The summed E-state index contributed by atoms with van der Waals surface area (Å²) in [4.78, 5) is 12.3. The van der Waals surface area contributed by atoms with E-state index in [0.717, 1.165) is 31.2 Å². The Balaban J connectivity index is 1.80. The summed E-state index contributed by atoms with van der Waals surface area (Å²) in [5, 5.41) is 17.0. The van der Waals surface area contributed by atoms with Crippen LogP contribution in [0.25, 0.3) is 5.52 Å². The van der Waals surface area contributed by atoms with Gasteiger partial charge in [0.05, 0.1) is 29.4 Å². The van der Waals surface area contributed by atoms with Crippen molar-refractivity contribution in [2.75, 3.05) is 0 Å². The van der Waals surface area contributed by atoms with Crippen LogP contribution in [0.3, 0.4) is 0 Å². The average molecular weight is 259 g/mol. The molecule has 2 atom stereocenters. The SMILES string of the molecule is O=C(NC1CCCCC1O)c1cnn2ccccc12. The third kappa shape index (κ3) is 2.33. The summed E-state index contributed by atoms with van der Waals surface area (Å²) in [6.45, 7) is 0. The third-order valence-corrected chi connectivity index (χ3v) is 3.72. The fourth-order valence-electron chi connectivity index (χ4n) is 2.64. The first-order valence-corrected chi connectivity index (χ1v) is 6.67. The number of nitrogens with zero attached hydrogens (tertiary/aromatic N) is 2. The minimum atomic E-state index is -0.431. The van der Waals surface area contributed by atoms with Crippen LogP contribution in [0.2, 0.25) is 0 Å². The monoisotopic (exact) mass is 259 g/mol. The fraction of sp³-hybridized carbons (Fsp3) is 0.429. The van der Waals surface area contributed by atoms with Gasteiger partial charge >= 0.3 is 0 Å². The summed E-state index contributed by atoms with van der Waals surface area (Å²) in [5.74, 6) is -0.160. The van der Waals surface area contributed by atoms with E-state index in [1.807, 2.05) is 24.4 Å². The van der Waals surface area contributed by atoms with Crippen LogP contribution in [0.15, 0.2) is 30.6 Å². The zero-order valence-electron chi connectivity index (χ0n) is 10.6. The van der Waals surface area contributed by atoms with Crippen LogP contribution in [0.1, 0.15) is 36.0 Å². The molecule has 19 heavy (non-hydrogen) atoms. The summed E-state index contributed by atoms with van der Waals surface area (Å²) in [6, 6.07) is 5.47. The van der Waals surface area contributed by atoms with Crippen molar-refractivity contribution in [2.24, 2.45) is 0 Å². The second kappa shape index (κ2) is 5.01. The van der Waals surface area contributed by atoms with E-state index in [9.17, 15) is 9.90 Å². The number of hydrogen-bond acceptors (Lipinski definition) is 3. The molecule has 2 unspecified atom stereocenters. The topological polar surface area (TPSA) is 66.6 Å². The van der Waals surface area contributed by atoms with Crippen molar-refractivity contribution in [2.45, 2.75) is 37.8 Å². The Bertz CT molecular complexity index is 593. The maximum Gasteiger partial charge on any atom is 0.255 e. The summed E-state index contributed by atoms with van der Waals surface area (Å²) in [7, 11) is 0. The minimum Gasteiger partial charge on any atom is -0.391 e. The van der Waals surface area contributed by atoms with E-state index in [0.29, 0.717) is 5.56 Å². The van der Waals surface area contributed by atoms with Crippen LogP contribution in [-0.2, 0) is 0 Å². The molecule has 1 aliphatic carbocycles. The van der Waals surface area contributed by atoms with Gasteiger partial charge in [0.15, 0.2) is 0 Å². The molecule has 2 N–H and O–H groups in total. The van der Waals surface area contributed by atoms with Gasteiger partial charge in [0.2, 0.25) is 0 Å². The highest BCUT2D eigenvalue weighted by Crippen LogP contribution is 2.19. The van der Waals surface area contributed by atoms with Gasteiger partial charge in [-0.3, -0.25) is 4.79 Å². The number of rotatable bonds is 2. The molecule has 0 saturated heterocycles. The van der Waals surface area contributed by atoms with Gasteiger partial charge in [-0.2, -0.15) is 5.10 Å². The average Bonchev–Trinajstić information content (AvgIpc) is 2.85. The smallest absolute Gasteiger partial charge is 0.255 e. The van der Waals surface area contributed by atoms with Crippen LogP contribution in [0, 0.1) is 0 Å². The molecule has 0 spiro atoms. The number of hydrogen-bond donors (Lipinski definition) is 2. The van der Waals surface area contributed by atoms with E-state index in [1.165, 1.54) is 0 Å². The van der Waals surface area contributed by atoms with Gasteiger partial charge in [0.1, 0.15) is 0 Å². The van der Waals surface area contributed by atoms with Crippen LogP contribution in [0.4, 0.5) is 0 Å². The molecule has 2 aromatic heterocycles. The molecule has 1 amide bonds. The molecule has 1 saturated carbocycles. The predicted molar refractivity (Wildman–Crippen MR) is 70.9 cm³/mol. The summed E-state index contributed by atoms with van der Waals surface area (Å²) < 4.78 is 1.67. The van der Waals surface area contributed by atoms with Crippen molar-refractivity contribution >= 4 is 11.4 Å². The lowest BCUT2D eigenvalue weighted by atomic mass is 9.92. The molecular formula is C14H17N3O2. The zero-order chi connectivity index (χ0) is 13.2. The summed E-state index contributed by atoms with van der Waals surface area (Å²) in [6.07, 6.45) is 6.63. The van der Waals surface area contributed by atoms with E-state index in [1.54, 1.807) is 10.7 Å². The molecule has 0 bridgehead atoms. The maximum atomic E-state index is 12.3. The lowest BCUT2D eigenvalue weighted by Crippen LogP contribution is -2.45. The maximum absolute atomic E-state index is 12.3. The Morgan fingerprint density at radius 2 is 2.21 bits per heavy atom. The van der Waals surface area contributed by atoms with Gasteiger partial charge in [-0.25, -0.2) is 4.52 Å². The second-order valence-corrected chi connectivity index (χ2v) is 5.02. The van der Waals surface area contributed by atoms with Crippen molar-refractivity contribution in [3.63, 3.8) is 0 Å². The van der Waals surface area contributed by atoms with E-state index in [2.05, 4.69) is 10.4 Å². The van der Waals surface area contributed by atoms with E-state index < -0.39 is 6.10 Å². The van der Waals surface area contributed by atoms with E-state index in [4.69, 9.17) is 0 Å². The number of aliphatic hydroxyl groups is 1.